The maximum Gasteiger partial charge on any atom is 0.334 e. The Labute approximate surface area is 108 Å². The van der Waals surface area contributed by atoms with E-state index in [0.717, 1.165) is 19.3 Å². The van der Waals surface area contributed by atoms with Crippen LogP contribution < -0.4 is 0 Å². The Morgan fingerprint density at radius 2 is 2.11 bits per heavy atom. The van der Waals surface area contributed by atoms with Gasteiger partial charge in [0.15, 0.2) is 5.60 Å². The molecule has 0 aromatic heterocycles. The molecule has 1 spiro atoms. The van der Waals surface area contributed by atoms with E-state index in [2.05, 4.69) is 20.4 Å². The Kier molecular flexibility index (Phi) is 1.84. The topological polar surface area (TPSA) is 38.8 Å². The highest BCUT2D eigenvalue weighted by Crippen LogP contribution is 2.66. The third kappa shape index (κ3) is 1.04. The lowest BCUT2D eigenvalue weighted by molar-refractivity contribution is -0.168. The molecule has 3 heteroatoms. The van der Waals surface area contributed by atoms with Crippen molar-refractivity contribution >= 4 is 5.97 Å². The standard InChI is InChI=1S/C15H20O3/c1-8-4-5-11-9(2)12(16)17-15(11)10(8)6-7-14(3)13(15)18-14/h8,10-11,13H,2,4-7H2,1,3H3/t8?,10?,11-,13?,14+,15?/m0/s1. The molecule has 4 unspecified atom stereocenters. The number of hydrogen-bond acceptors (Lipinski definition) is 3. The van der Waals surface area contributed by atoms with Gasteiger partial charge in [0.2, 0.25) is 0 Å². The van der Waals surface area contributed by atoms with Crippen molar-refractivity contribution < 1.29 is 14.3 Å². The zero-order valence-corrected chi connectivity index (χ0v) is 11.1. The highest BCUT2D eigenvalue weighted by Gasteiger charge is 2.76. The molecule has 0 amide bonds. The lowest BCUT2D eigenvalue weighted by Gasteiger charge is -2.49. The van der Waals surface area contributed by atoms with Crippen LogP contribution in [0, 0.1) is 17.8 Å². The minimum Gasteiger partial charge on any atom is -0.452 e. The van der Waals surface area contributed by atoms with E-state index in [4.69, 9.17) is 9.47 Å². The van der Waals surface area contributed by atoms with E-state index in [1.54, 1.807) is 0 Å². The minimum absolute atomic E-state index is 0.0449. The second-order valence-corrected chi connectivity index (χ2v) is 6.83. The van der Waals surface area contributed by atoms with Gasteiger partial charge in [-0.3, -0.25) is 0 Å². The van der Waals surface area contributed by atoms with Crippen LogP contribution in [0.5, 0.6) is 0 Å². The SMILES string of the molecule is C=C1C(=O)OC23C(CC[C@@]4(C)OC24)C(C)CC[C@@H]13. The van der Waals surface area contributed by atoms with Gasteiger partial charge in [-0.05, 0) is 38.5 Å². The number of esters is 1. The summed E-state index contributed by atoms with van der Waals surface area (Å²) < 4.78 is 11.9. The number of hydrogen-bond donors (Lipinski definition) is 0. The van der Waals surface area contributed by atoms with Crippen molar-refractivity contribution in [3.05, 3.63) is 12.2 Å². The molecule has 3 nitrogen and oxygen atoms in total. The molecule has 4 fully saturated rings. The highest BCUT2D eigenvalue weighted by atomic mass is 16.7. The van der Waals surface area contributed by atoms with E-state index in [9.17, 15) is 4.79 Å². The molecule has 2 saturated carbocycles. The van der Waals surface area contributed by atoms with Crippen LogP contribution >= 0.6 is 0 Å². The van der Waals surface area contributed by atoms with E-state index >= 15 is 0 Å². The second-order valence-electron chi connectivity index (χ2n) is 6.83. The number of carbonyl (C=O) groups excluding carboxylic acids is 1. The maximum atomic E-state index is 12.0. The first-order chi connectivity index (χ1) is 8.49. The van der Waals surface area contributed by atoms with Gasteiger partial charge in [-0.2, -0.15) is 0 Å². The molecule has 0 aromatic carbocycles. The lowest BCUT2D eigenvalue weighted by atomic mass is 9.56. The number of epoxide rings is 1. The molecule has 0 bridgehead atoms. The van der Waals surface area contributed by atoms with E-state index in [-0.39, 0.29) is 29.2 Å². The lowest BCUT2D eigenvalue weighted by Crippen LogP contribution is -2.57. The van der Waals surface area contributed by atoms with Crippen molar-refractivity contribution in [3.8, 4) is 0 Å². The van der Waals surface area contributed by atoms with Crippen LogP contribution in [-0.2, 0) is 14.3 Å². The second kappa shape index (κ2) is 3.01. The Hall–Kier alpha value is -0.830. The van der Waals surface area contributed by atoms with Crippen molar-refractivity contribution in [1.29, 1.82) is 0 Å². The van der Waals surface area contributed by atoms with Gasteiger partial charge in [-0.15, -0.1) is 0 Å². The number of ether oxygens (including phenoxy) is 2. The molecule has 2 saturated heterocycles. The Morgan fingerprint density at radius 3 is 2.89 bits per heavy atom. The smallest absolute Gasteiger partial charge is 0.334 e. The van der Waals surface area contributed by atoms with Gasteiger partial charge < -0.3 is 9.47 Å². The monoisotopic (exact) mass is 248 g/mol. The number of fused-ring (bicyclic) bond motifs is 1. The van der Waals surface area contributed by atoms with E-state index in [1.165, 1.54) is 6.42 Å². The summed E-state index contributed by atoms with van der Waals surface area (Å²) >= 11 is 0. The molecule has 98 valence electrons. The fourth-order valence-electron chi connectivity index (χ4n) is 4.90. The van der Waals surface area contributed by atoms with Crippen molar-refractivity contribution in [2.45, 2.75) is 56.8 Å². The van der Waals surface area contributed by atoms with Crippen molar-refractivity contribution in [2.24, 2.45) is 17.8 Å². The molecule has 0 aromatic rings. The van der Waals surface area contributed by atoms with Gasteiger partial charge in [0.25, 0.3) is 0 Å². The van der Waals surface area contributed by atoms with E-state index < -0.39 is 0 Å². The predicted molar refractivity (Wildman–Crippen MR) is 65.9 cm³/mol. The first kappa shape index (κ1) is 11.0. The van der Waals surface area contributed by atoms with Gasteiger partial charge in [-0.1, -0.05) is 13.5 Å². The molecule has 4 rings (SSSR count). The fraction of sp³-hybridized carbons (Fsp3) is 0.800. The van der Waals surface area contributed by atoms with Gasteiger partial charge in [0.1, 0.15) is 6.10 Å². The summed E-state index contributed by atoms with van der Waals surface area (Å²) in [5, 5.41) is 0. The highest BCUT2D eigenvalue weighted by molar-refractivity contribution is 5.92. The molecule has 0 N–H and O–H groups in total. The largest absolute Gasteiger partial charge is 0.452 e. The van der Waals surface area contributed by atoms with Gasteiger partial charge >= 0.3 is 5.97 Å². The number of rotatable bonds is 0. The van der Waals surface area contributed by atoms with Crippen LogP contribution in [0.2, 0.25) is 0 Å². The Balaban J connectivity index is 1.83. The Morgan fingerprint density at radius 1 is 1.33 bits per heavy atom. The van der Waals surface area contributed by atoms with Crippen molar-refractivity contribution in [1.82, 2.24) is 0 Å². The number of carbonyl (C=O) groups is 1. The Bertz CT molecular complexity index is 457. The zero-order chi connectivity index (χ0) is 12.7. The first-order valence-corrected chi connectivity index (χ1v) is 7.09. The minimum atomic E-state index is -0.376. The van der Waals surface area contributed by atoms with E-state index in [0.29, 0.717) is 17.4 Å². The molecule has 4 aliphatic rings. The average molecular weight is 248 g/mol. The summed E-state index contributed by atoms with van der Waals surface area (Å²) in [6.45, 7) is 8.43. The molecular weight excluding hydrogens is 228 g/mol. The molecule has 2 heterocycles. The summed E-state index contributed by atoms with van der Waals surface area (Å²) in [5.41, 5.74) is 0.266. The summed E-state index contributed by atoms with van der Waals surface area (Å²) in [5.74, 6) is 1.09. The molecule has 0 radical (unpaired) electrons. The van der Waals surface area contributed by atoms with Gasteiger partial charge in [0, 0.05) is 17.4 Å². The third-order valence-electron chi connectivity index (χ3n) is 5.92. The summed E-state index contributed by atoms with van der Waals surface area (Å²) in [6.07, 6.45) is 4.53. The van der Waals surface area contributed by atoms with Crippen molar-refractivity contribution in [2.75, 3.05) is 0 Å². The quantitative estimate of drug-likeness (QED) is 0.375. The van der Waals surface area contributed by atoms with Crippen molar-refractivity contribution in [3.63, 3.8) is 0 Å². The zero-order valence-electron chi connectivity index (χ0n) is 11.1. The summed E-state index contributed by atoms with van der Waals surface area (Å²) in [6, 6.07) is 0. The molecular formula is C15H20O3. The molecule has 2 aliphatic heterocycles. The van der Waals surface area contributed by atoms with Crippen LogP contribution in [0.4, 0.5) is 0 Å². The predicted octanol–water partition coefficient (Wildman–Crippen LogP) is 2.45. The van der Waals surface area contributed by atoms with Crippen LogP contribution in [0.1, 0.15) is 39.5 Å². The summed E-state index contributed by atoms with van der Waals surface area (Å²) in [4.78, 5) is 12.0. The van der Waals surface area contributed by atoms with Gasteiger partial charge in [-0.25, -0.2) is 4.79 Å². The van der Waals surface area contributed by atoms with Gasteiger partial charge in [0.05, 0.1) is 5.60 Å². The third-order valence-corrected chi connectivity index (χ3v) is 5.92. The van der Waals surface area contributed by atoms with Crippen LogP contribution in [0.15, 0.2) is 12.2 Å². The molecule has 6 atom stereocenters. The maximum absolute atomic E-state index is 12.0. The van der Waals surface area contributed by atoms with E-state index in [1.807, 2.05) is 0 Å². The fourth-order valence-corrected chi connectivity index (χ4v) is 4.90. The van der Waals surface area contributed by atoms with Crippen LogP contribution in [0.3, 0.4) is 0 Å². The molecule has 18 heavy (non-hydrogen) atoms. The van der Waals surface area contributed by atoms with Crippen LogP contribution in [0.25, 0.3) is 0 Å². The first-order valence-electron chi connectivity index (χ1n) is 7.09. The summed E-state index contributed by atoms with van der Waals surface area (Å²) in [7, 11) is 0. The molecule has 2 aliphatic carbocycles. The average Bonchev–Trinajstić information content (AvgIpc) is 2.95. The van der Waals surface area contributed by atoms with Crippen LogP contribution in [-0.4, -0.2) is 23.3 Å². The normalized spacial score (nSPS) is 57.4.